The third-order valence-electron chi connectivity index (χ3n) is 5.48. The summed E-state index contributed by atoms with van der Waals surface area (Å²) in [5.41, 5.74) is 2.55. The first-order chi connectivity index (χ1) is 14.2. The van der Waals surface area contributed by atoms with Crippen molar-refractivity contribution in [3.05, 3.63) is 88.7 Å². The Balaban J connectivity index is 1.57. The molecule has 5 nitrogen and oxygen atoms in total. The van der Waals surface area contributed by atoms with E-state index in [4.69, 9.17) is 25.5 Å². The molecule has 5 rings (SSSR count). The summed E-state index contributed by atoms with van der Waals surface area (Å²) in [5.74, 6) is 1.42. The Morgan fingerprint density at radius 2 is 2.00 bits per heavy atom. The Morgan fingerprint density at radius 1 is 1.14 bits per heavy atom. The van der Waals surface area contributed by atoms with Gasteiger partial charge in [-0.2, -0.15) is 5.10 Å². The van der Waals surface area contributed by atoms with Crippen molar-refractivity contribution in [3.8, 4) is 0 Å². The molecule has 1 aliphatic carbocycles. The molecule has 3 aromatic rings. The number of furan rings is 2. The van der Waals surface area contributed by atoms with E-state index >= 15 is 0 Å². The van der Waals surface area contributed by atoms with Gasteiger partial charge in [0, 0.05) is 16.5 Å². The zero-order chi connectivity index (χ0) is 19.8. The molecule has 1 amide bonds. The summed E-state index contributed by atoms with van der Waals surface area (Å²) in [5, 5.41) is 6.89. The van der Waals surface area contributed by atoms with Crippen LogP contribution < -0.4 is 0 Å². The van der Waals surface area contributed by atoms with Crippen LogP contribution in [0.2, 0.25) is 5.02 Å². The van der Waals surface area contributed by atoms with Crippen LogP contribution >= 0.6 is 11.6 Å². The number of allylic oxidation sites excluding steroid dienone is 1. The van der Waals surface area contributed by atoms with E-state index in [1.165, 1.54) is 0 Å². The largest absolute Gasteiger partial charge is 0.467 e. The van der Waals surface area contributed by atoms with Gasteiger partial charge in [-0.05, 0) is 73.4 Å². The molecule has 6 heteroatoms. The van der Waals surface area contributed by atoms with Crippen molar-refractivity contribution in [2.24, 2.45) is 11.0 Å². The van der Waals surface area contributed by atoms with Crippen molar-refractivity contribution in [1.29, 1.82) is 0 Å². The summed E-state index contributed by atoms with van der Waals surface area (Å²) in [6.45, 7) is 0. The number of rotatable bonds is 3. The predicted octanol–water partition coefficient (Wildman–Crippen LogP) is 5.96. The van der Waals surface area contributed by atoms with Crippen molar-refractivity contribution in [2.75, 3.05) is 0 Å². The van der Waals surface area contributed by atoms with E-state index < -0.39 is 0 Å². The lowest BCUT2D eigenvalue weighted by atomic mass is 9.79. The second kappa shape index (κ2) is 7.41. The minimum atomic E-state index is -0.271. The average Bonchev–Trinajstić information content (AvgIpc) is 3.48. The predicted molar refractivity (Wildman–Crippen MR) is 111 cm³/mol. The smallest absolute Gasteiger partial charge is 0.274 e. The van der Waals surface area contributed by atoms with Crippen LogP contribution in [-0.2, 0) is 0 Å². The molecule has 0 saturated heterocycles. The van der Waals surface area contributed by atoms with E-state index in [2.05, 4.69) is 0 Å². The minimum absolute atomic E-state index is 0.0826. The Labute approximate surface area is 173 Å². The lowest BCUT2D eigenvalue weighted by Crippen LogP contribution is -2.31. The van der Waals surface area contributed by atoms with E-state index in [1.807, 2.05) is 30.3 Å². The standard InChI is InChI=1S/C23H19ClN2O3/c24-17-7-1-6-16(13-17)23(27)26-22(20-10-4-12-29-20)19-9-2-5-15(21(19)25-26)14-18-8-3-11-28-18/h1,3-4,6-8,10-14,19,22H,2,5,9H2/b15-14+/t19-,22+/m0/s1. The van der Waals surface area contributed by atoms with Gasteiger partial charge in [-0.3, -0.25) is 4.79 Å². The molecule has 0 bridgehead atoms. The van der Waals surface area contributed by atoms with Crippen LogP contribution in [0, 0.1) is 5.92 Å². The number of fused-ring (bicyclic) bond motifs is 1. The van der Waals surface area contributed by atoms with Crippen molar-refractivity contribution in [2.45, 2.75) is 25.3 Å². The second-order valence-electron chi connectivity index (χ2n) is 7.29. The average molecular weight is 407 g/mol. The van der Waals surface area contributed by atoms with E-state index in [-0.39, 0.29) is 17.9 Å². The normalized spacial score (nSPS) is 22.6. The van der Waals surface area contributed by atoms with Gasteiger partial charge < -0.3 is 8.83 Å². The van der Waals surface area contributed by atoms with Crippen LogP contribution in [0.5, 0.6) is 0 Å². The molecule has 0 spiro atoms. The zero-order valence-electron chi connectivity index (χ0n) is 15.6. The molecule has 2 aromatic heterocycles. The van der Waals surface area contributed by atoms with E-state index in [9.17, 15) is 4.79 Å². The van der Waals surface area contributed by atoms with Crippen LogP contribution in [-0.4, -0.2) is 16.6 Å². The summed E-state index contributed by atoms with van der Waals surface area (Å²) >= 11 is 6.11. The molecule has 146 valence electrons. The molecular weight excluding hydrogens is 388 g/mol. The van der Waals surface area contributed by atoms with E-state index in [0.29, 0.717) is 10.6 Å². The Morgan fingerprint density at radius 3 is 2.76 bits per heavy atom. The molecule has 0 N–H and O–H groups in total. The van der Waals surface area contributed by atoms with Crippen molar-refractivity contribution < 1.29 is 13.6 Å². The monoisotopic (exact) mass is 406 g/mol. The fourth-order valence-electron chi connectivity index (χ4n) is 4.20. The first kappa shape index (κ1) is 18.0. The number of hydrogen-bond donors (Lipinski definition) is 0. The fourth-order valence-corrected chi connectivity index (χ4v) is 4.40. The third kappa shape index (κ3) is 3.32. The maximum atomic E-state index is 13.4. The molecule has 1 aromatic carbocycles. The van der Waals surface area contributed by atoms with Gasteiger partial charge >= 0.3 is 0 Å². The highest BCUT2D eigenvalue weighted by molar-refractivity contribution is 6.31. The molecule has 29 heavy (non-hydrogen) atoms. The van der Waals surface area contributed by atoms with E-state index in [0.717, 1.165) is 42.1 Å². The number of nitrogens with zero attached hydrogens (tertiary/aromatic N) is 2. The number of amides is 1. The van der Waals surface area contributed by atoms with Crippen LogP contribution in [0.4, 0.5) is 0 Å². The van der Waals surface area contributed by atoms with Gasteiger partial charge in [-0.1, -0.05) is 17.7 Å². The molecule has 2 aliphatic rings. The maximum Gasteiger partial charge on any atom is 0.274 e. The number of carbonyl (C=O) groups excluding carboxylic acids is 1. The van der Waals surface area contributed by atoms with Crippen molar-refractivity contribution >= 4 is 29.3 Å². The second-order valence-corrected chi connectivity index (χ2v) is 7.73. The highest BCUT2D eigenvalue weighted by atomic mass is 35.5. The summed E-state index contributed by atoms with van der Waals surface area (Å²) in [7, 11) is 0. The van der Waals surface area contributed by atoms with Crippen LogP contribution in [0.15, 0.2) is 80.6 Å². The molecular formula is C23H19ClN2O3. The first-order valence-corrected chi connectivity index (χ1v) is 10.0. The van der Waals surface area contributed by atoms with Crippen LogP contribution in [0.25, 0.3) is 6.08 Å². The maximum absolute atomic E-state index is 13.4. The third-order valence-corrected chi connectivity index (χ3v) is 5.71. The number of hydrogen-bond acceptors (Lipinski definition) is 4. The van der Waals surface area contributed by atoms with Gasteiger partial charge in [-0.15, -0.1) is 0 Å². The molecule has 3 heterocycles. The summed E-state index contributed by atoms with van der Waals surface area (Å²) in [6, 6.07) is 14.2. The number of carbonyl (C=O) groups is 1. The lowest BCUT2D eigenvalue weighted by Gasteiger charge is -2.27. The highest BCUT2D eigenvalue weighted by Gasteiger charge is 2.45. The highest BCUT2D eigenvalue weighted by Crippen LogP contribution is 2.45. The SMILES string of the molecule is O=C(c1cccc(Cl)c1)N1N=C2/C(=C/c3ccco3)CCC[C@@H]2[C@@H]1c1ccco1. The molecule has 2 atom stereocenters. The Kier molecular flexibility index (Phi) is 4.60. The fraction of sp³-hybridized carbons (Fsp3) is 0.217. The molecule has 1 aliphatic heterocycles. The van der Waals surface area contributed by atoms with Gasteiger partial charge in [0.25, 0.3) is 5.91 Å². The van der Waals surface area contributed by atoms with Gasteiger partial charge in [0.15, 0.2) is 0 Å². The topological polar surface area (TPSA) is 59.0 Å². The Hall–Kier alpha value is -3.05. The number of benzene rings is 1. The molecule has 1 fully saturated rings. The van der Waals surface area contributed by atoms with Gasteiger partial charge in [0.1, 0.15) is 17.6 Å². The quantitative estimate of drug-likeness (QED) is 0.539. The van der Waals surface area contributed by atoms with Gasteiger partial charge in [0.2, 0.25) is 0 Å². The lowest BCUT2D eigenvalue weighted by molar-refractivity contribution is 0.0656. The first-order valence-electron chi connectivity index (χ1n) is 9.66. The number of hydrazone groups is 1. The minimum Gasteiger partial charge on any atom is -0.467 e. The molecule has 0 unspecified atom stereocenters. The van der Waals surface area contributed by atoms with Gasteiger partial charge in [-0.25, -0.2) is 5.01 Å². The van der Waals surface area contributed by atoms with E-state index in [1.54, 1.807) is 41.8 Å². The van der Waals surface area contributed by atoms with Crippen LogP contribution in [0.1, 0.15) is 47.2 Å². The molecule has 1 saturated carbocycles. The number of halogens is 1. The molecule has 0 radical (unpaired) electrons. The summed E-state index contributed by atoms with van der Waals surface area (Å²) in [4.78, 5) is 13.4. The Bertz CT molecular complexity index is 1080. The van der Waals surface area contributed by atoms with Gasteiger partial charge in [0.05, 0.1) is 18.2 Å². The van der Waals surface area contributed by atoms with Crippen molar-refractivity contribution in [3.63, 3.8) is 0 Å². The summed E-state index contributed by atoms with van der Waals surface area (Å²) in [6.07, 6.45) is 8.19. The zero-order valence-corrected chi connectivity index (χ0v) is 16.4. The van der Waals surface area contributed by atoms with Crippen molar-refractivity contribution in [1.82, 2.24) is 5.01 Å². The summed E-state index contributed by atoms with van der Waals surface area (Å²) < 4.78 is 11.2. The van der Waals surface area contributed by atoms with Crippen LogP contribution in [0.3, 0.4) is 0 Å².